The van der Waals surface area contributed by atoms with E-state index in [1.807, 2.05) is 0 Å². The molecular weight excluding hydrogens is 280 g/mol. The van der Waals surface area contributed by atoms with Crippen LogP contribution in [-0.2, 0) is 11.2 Å². The summed E-state index contributed by atoms with van der Waals surface area (Å²) in [7, 11) is 0. The number of rotatable bonds is 7. The van der Waals surface area contributed by atoms with Crippen molar-refractivity contribution < 1.29 is 4.79 Å². The third kappa shape index (κ3) is 5.77. The van der Waals surface area contributed by atoms with Crippen LogP contribution in [0.3, 0.4) is 0 Å². The maximum absolute atomic E-state index is 11.9. The number of aromatic nitrogens is 1. The lowest BCUT2D eigenvalue weighted by Gasteiger charge is -2.20. The highest BCUT2D eigenvalue weighted by atomic mass is 32.1. The number of thiazole rings is 1. The second-order valence-electron chi connectivity index (χ2n) is 6.46. The Kier molecular flexibility index (Phi) is 6.68. The number of hydrogen-bond donors (Lipinski definition) is 1. The molecule has 2 rings (SSSR count). The van der Waals surface area contributed by atoms with Crippen LogP contribution in [0.15, 0.2) is 5.38 Å². The van der Waals surface area contributed by atoms with Crippen molar-refractivity contribution in [3.8, 4) is 0 Å². The van der Waals surface area contributed by atoms with Crippen LogP contribution in [0.5, 0.6) is 0 Å². The molecule has 1 N–H and O–H groups in total. The summed E-state index contributed by atoms with van der Waals surface area (Å²) in [6.07, 6.45) is 9.36. The van der Waals surface area contributed by atoms with Crippen molar-refractivity contribution in [2.75, 3.05) is 6.54 Å². The SMILES string of the molecule is CC(C)c1csc(CCNC(=O)CCC2CCCCC2)n1. The minimum absolute atomic E-state index is 0.209. The van der Waals surface area contributed by atoms with Gasteiger partial charge in [0.2, 0.25) is 5.91 Å². The Bertz CT molecular complexity index is 436. The molecule has 0 unspecified atom stereocenters. The number of nitrogens with one attached hydrogen (secondary N) is 1. The molecule has 1 fully saturated rings. The van der Waals surface area contributed by atoms with Crippen LogP contribution in [0.25, 0.3) is 0 Å². The molecule has 0 radical (unpaired) electrons. The van der Waals surface area contributed by atoms with Gasteiger partial charge in [-0.3, -0.25) is 4.79 Å². The molecule has 1 aliphatic rings. The molecule has 21 heavy (non-hydrogen) atoms. The highest BCUT2D eigenvalue weighted by Crippen LogP contribution is 2.27. The van der Waals surface area contributed by atoms with E-state index in [4.69, 9.17) is 0 Å². The molecule has 0 saturated heterocycles. The molecule has 0 atom stereocenters. The summed E-state index contributed by atoms with van der Waals surface area (Å²) in [4.78, 5) is 16.5. The lowest BCUT2D eigenvalue weighted by molar-refractivity contribution is -0.121. The molecule has 3 nitrogen and oxygen atoms in total. The monoisotopic (exact) mass is 308 g/mol. The Morgan fingerprint density at radius 3 is 2.81 bits per heavy atom. The molecule has 1 amide bonds. The van der Waals surface area contributed by atoms with E-state index < -0.39 is 0 Å². The average molecular weight is 308 g/mol. The van der Waals surface area contributed by atoms with Crippen LogP contribution in [0.4, 0.5) is 0 Å². The fourth-order valence-electron chi connectivity index (χ4n) is 2.91. The first-order valence-electron chi connectivity index (χ1n) is 8.36. The van der Waals surface area contributed by atoms with Crippen LogP contribution in [0.2, 0.25) is 0 Å². The van der Waals surface area contributed by atoms with Gasteiger partial charge >= 0.3 is 0 Å². The lowest BCUT2D eigenvalue weighted by atomic mass is 9.86. The summed E-state index contributed by atoms with van der Waals surface area (Å²) in [6, 6.07) is 0. The van der Waals surface area contributed by atoms with Gasteiger partial charge in [0.25, 0.3) is 0 Å². The van der Waals surface area contributed by atoms with Crippen LogP contribution in [0, 0.1) is 5.92 Å². The van der Waals surface area contributed by atoms with E-state index in [-0.39, 0.29) is 5.91 Å². The molecule has 1 aliphatic carbocycles. The zero-order chi connectivity index (χ0) is 15.1. The Hall–Kier alpha value is -0.900. The van der Waals surface area contributed by atoms with Gasteiger partial charge in [0, 0.05) is 24.8 Å². The van der Waals surface area contributed by atoms with E-state index in [1.165, 1.54) is 37.8 Å². The third-order valence-corrected chi connectivity index (χ3v) is 5.25. The van der Waals surface area contributed by atoms with Crippen LogP contribution in [0.1, 0.15) is 75.4 Å². The summed E-state index contributed by atoms with van der Waals surface area (Å²) in [5, 5.41) is 6.30. The van der Waals surface area contributed by atoms with Crippen molar-refractivity contribution in [3.63, 3.8) is 0 Å². The first-order chi connectivity index (χ1) is 10.1. The maximum Gasteiger partial charge on any atom is 0.220 e. The van der Waals surface area contributed by atoms with Crippen molar-refractivity contribution in [1.29, 1.82) is 0 Å². The Balaban J connectivity index is 1.59. The fourth-order valence-corrected chi connectivity index (χ4v) is 3.87. The average Bonchev–Trinajstić information content (AvgIpc) is 2.95. The second-order valence-corrected chi connectivity index (χ2v) is 7.41. The van der Waals surface area contributed by atoms with E-state index in [0.717, 1.165) is 23.8 Å². The highest BCUT2D eigenvalue weighted by molar-refractivity contribution is 7.09. The first-order valence-corrected chi connectivity index (χ1v) is 9.24. The molecule has 0 bridgehead atoms. The molecule has 1 saturated carbocycles. The van der Waals surface area contributed by atoms with Gasteiger partial charge in [-0.25, -0.2) is 4.98 Å². The van der Waals surface area contributed by atoms with Gasteiger partial charge in [-0.2, -0.15) is 0 Å². The number of hydrogen-bond acceptors (Lipinski definition) is 3. The Morgan fingerprint density at radius 1 is 1.38 bits per heavy atom. The Labute approximate surface area is 132 Å². The van der Waals surface area contributed by atoms with Crippen molar-refractivity contribution in [3.05, 3.63) is 16.1 Å². The topological polar surface area (TPSA) is 42.0 Å². The van der Waals surface area contributed by atoms with Crippen LogP contribution >= 0.6 is 11.3 Å². The van der Waals surface area contributed by atoms with Crippen molar-refractivity contribution in [2.45, 2.75) is 71.1 Å². The number of carbonyl (C=O) groups excluding carboxylic acids is 1. The molecule has 118 valence electrons. The normalized spacial score (nSPS) is 16.3. The summed E-state index contributed by atoms with van der Waals surface area (Å²) in [5.74, 6) is 1.48. The summed E-state index contributed by atoms with van der Waals surface area (Å²) in [6.45, 7) is 5.03. The minimum atomic E-state index is 0.209. The van der Waals surface area contributed by atoms with Gasteiger partial charge in [-0.15, -0.1) is 11.3 Å². The van der Waals surface area contributed by atoms with Crippen LogP contribution in [-0.4, -0.2) is 17.4 Å². The van der Waals surface area contributed by atoms with Gasteiger partial charge in [0.1, 0.15) is 0 Å². The van der Waals surface area contributed by atoms with Gasteiger partial charge in [-0.1, -0.05) is 46.0 Å². The molecule has 4 heteroatoms. The second kappa shape index (κ2) is 8.52. The van der Waals surface area contributed by atoms with Gasteiger partial charge in [0.15, 0.2) is 0 Å². The van der Waals surface area contributed by atoms with Crippen molar-refractivity contribution >= 4 is 17.2 Å². The van der Waals surface area contributed by atoms with E-state index in [2.05, 4.69) is 29.5 Å². The molecule has 0 spiro atoms. The number of amides is 1. The molecule has 1 heterocycles. The molecule has 0 aromatic carbocycles. The quantitative estimate of drug-likeness (QED) is 0.816. The summed E-state index contributed by atoms with van der Waals surface area (Å²) in [5.41, 5.74) is 1.17. The molecular formula is C17H28N2OS. The van der Waals surface area contributed by atoms with Crippen molar-refractivity contribution in [2.24, 2.45) is 5.92 Å². The predicted octanol–water partition coefficient (Wildman–Crippen LogP) is 4.29. The summed E-state index contributed by atoms with van der Waals surface area (Å²) < 4.78 is 0. The number of nitrogens with zero attached hydrogens (tertiary/aromatic N) is 1. The zero-order valence-corrected chi connectivity index (χ0v) is 14.2. The van der Waals surface area contributed by atoms with E-state index in [0.29, 0.717) is 18.9 Å². The first kappa shape index (κ1) is 16.5. The lowest BCUT2D eigenvalue weighted by Crippen LogP contribution is -2.26. The molecule has 1 aromatic rings. The molecule has 0 aliphatic heterocycles. The Morgan fingerprint density at radius 2 is 2.14 bits per heavy atom. The maximum atomic E-state index is 11.9. The van der Waals surface area contributed by atoms with Crippen molar-refractivity contribution in [1.82, 2.24) is 10.3 Å². The fraction of sp³-hybridized carbons (Fsp3) is 0.765. The standard InChI is InChI=1S/C17H28N2OS/c1-13(2)15-12-21-17(19-15)10-11-18-16(20)9-8-14-6-4-3-5-7-14/h12-14H,3-11H2,1-2H3,(H,18,20). The molecule has 1 aromatic heterocycles. The summed E-state index contributed by atoms with van der Waals surface area (Å²) >= 11 is 1.70. The zero-order valence-electron chi connectivity index (χ0n) is 13.4. The minimum Gasteiger partial charge on any atom is -0.356 e. The van der Waals surface area contributed by atoms with Gasteiger partial charge in [0.05, 0.1) is 10.7 Å². The third-order valence-electron chi connectivity index (χ3n) is 4.33. The van der Waals surface area contributed by atoms with Crippen LogP contribution < -0.4 is 5.32 Å². The smallest absolute Gasteiger partial charge is 0.220 e. The van der Waals surface area contributed by atoms with Gasteiger partial charge < -0.3 is 5.32 Å². The highest BCUT2D eigenvalue weighted by Gasteiger charge is 2.14. The van der Waals surface area contributed by atoms with E-state index >= 15 is 0 Å². The largest absolute Gasteiger partial charge is 0.356 e. The van der Waals surface area contributed by atoms with E-state index in [1.54, 1.807) is 11.3 Å². The van der Waals surface area contributed by atoms with E-state index in [9.17, 15) is 4.79 Å². The van der Waals surface area contributed by atoms with Gasteiger partial charge in [-0.05, 0) is 18.3 Å². The number of carbonyl (C=O) groups is 1. The predicted molar refractivity (Wildman–Crippen MR) is 88.7 cm³/mol.